The second kappa shape index (κ2) is 3.93. The maximum absolute atomic E-state index is 10.7. The van der Waals surface area contributed by atoms with Crippen LogP contribution in [0, 0.1) is 0 Å². The Morgan fingerprint density at radius 3 is 2.71 bits per heavy atom. The summed E-state index contributed by atoms with van der Waals surface area (Å²) < 4.78 is 0. The Morgan fingerprint density at radius 2 is 2.21 bits per heavy atom. The topological polar surface area (TPSA) is 83.5 Å². The largest absolute Gasteiger partial charge is 0.478 e. The van der Waals surface area contributed by atoms with Crippen LogP contribution in [-0.4, -0.2) is 16.2 Å². The van der Waals surface area contributed by atoms with E-state index in [1.54, 1.807) is 6.07 Å². The van der Waals surface area contributed by atoms with Gasteiger partial charge < -0.3 is 15.9 Å². The highest BCUT2D eigenvalue weighted by Gasteiger charge is 2.14. The van der Waals surface area contributed by atoms with Crippen LogP contribution in [0.4, 0.5) is 5.69 Å². The predicted octanol–water partition coefficient (Wildman–Crippen LogP) is 1.19. The molecule has 0 aliphatic heterocycles. The van der Waals surface area contributed by atoms with Gasteiger partial charge in [-0.15, -0.1) is 6.58 Å². The van der Waals surface area contributed by atoms with Gasteiger partial charge in [0, 0.05) is 5.56 Å². The van der Waals surface area contributed by atoms with E-state index in [-0.39, 0.29) is 11.3 Å². The van der Waals surface area contributed by atoms with Gasteiger partial charge in [-0.05, 0) is 6.07 Å². The van der Waals surface area contributed by atoms with Crippen molar-refractivity contribution in [3.63, 3.8) is 0 Å². The first-order chi connectivity index (χ1) is 6.57. The van der Waals surface area contributed by atoms with Crippen molar-refractivity contribution in [3.8, 4) is 0 Å². The molecule has 1 rings (SSSR count). The minimum Gasteiger partial charge on any atom is -0.478 e. The zero-order valence-corrected chi connectivity index (χ0v) is 7.47. The summed E-state index contributed by atoms with van der Waals surface area (Å²) in [5.74, 6) is -1.11. The zero-order chi connectivity index (χ0) is 10.7. The molecule has 14 heavy (non-hydrogen) atoms. The first-order valence-electron chi connectivity index (χ1n) is 4.00. The quantitative estimate of drug-likeness (QED) is 0.497. The number of hydrogen-bond donors (Lipinski definition) is 3. The highest BCUT2D eigenvalue weighted by molar-refractivity contribution is 5.94. The number of aliphatic hydroxyl groups is 1. The molecular formula is C10H11NO3. The number of benzene rings is 1. The molecular weight excluding hydrogens is 182 g/mol. The van der Waals surface area contributed by atoms with Crippen LogP contribution in [0.3, 0.4) is 0 Å². The summed E-state index contributed by atoms with van der Waals surface area (Å²) in [5.41, 5.74) is 6.00. The molecule has 1 aromatic carbocycles. The summed E-state index contributed by atoms with van der Waals surface area (Å²) in [6, 6.07) is 4.48. The Balaban J connectivity index is 3.26. The number of hydrogen-bond acceptors (Lipinski definition) is 3. The number of aliphatic hydroxyl groups excluding tert-OH is 1. The van der Waals surface area contributed by atoms with Crippen molar-refractivity contribution in [2.45, 2.75) is 6.10 Å². The van der Waals surface area contributed by atoms with Crippen LogP contribution >= 0.6 is 0 Å². The number of nitrogens with two attached hydrogens (primary N) is 1. The Bertz CT molecular complexity index is 374. The summed E-state index contributed by atoms with van der Waals surface area (Å²) in [6.07, 6.45) is 0.353. The molecule has 4 nitrogen and oxygen atoms in total. The monoisotopic (exact) mass is 193 g/mol. The average Bonchev–Trinajstić information content (AvgIpc) is 2.16. The van der Waals surface area contributed by atoms with Crippen LogP contribution in [-0.2, 0) is 0 Å². The Kier molecular flexibility index (Phi) is 2.89. The van der Waals surface area contributed by atoms with Crippen molar-refractivity contribution >= 4 is 11.7 Å². The van der Waals surface area contributed by atoms with Crippen molar-refractivity contribution in [3.05, 3.63) is 42.0 Å². The van der Waals surface area contributed by atoms with Crippen molar-refractivity contribution in [1.82, 2.24) is 0 Å². The number of carbonyl (C=O) groups is 1. The molecule has 1 unspecified atom stereocenters. The molecule has 0 aliphatic carbocycles. The third kappa shape index (κ3) is 1.75. The van der Waals surface area contributed by atoms with E-state index in [0.717, 1.165) is 0 Å². The summed E-state index contributed by atoms with van der Waals surface area (Å²) in [4.78, 5) is 10.7. The second-order valence-corrected chi connectivity index (χ2v) is 2.79. The van der Waals surface area contributed by atoms with Gasteiger partial charge in [-0.25, -0.2) is 4.79 Å². The fraction of sp³-hybridized carbons (Fsp3) is 0.100. The number of carboxylic acids is 1. The SMILES string of the molecule is C=CC(O)c1cccc(C(=O)O)c1N. The normalized spacial score (nSPS) is 12.1. The van der Waals surface area contributed by atoms with Gasteiger partial charge in [-0.1, -0.05) is 18.2 Å². The first-order valence-corrected chi connectivity index (χ1v) is 4.00. The summed E-state index contributed by atoms with van der Waals surface area (Å²) in [6.45, 7) is 3.40. The smallest absolute Gasteiger partial charge is 0.337 e. The predicted molar refractivity (Wildman–Crippen MR) is 53.0 cm³/mol. The molecule has 0 spiro atoms. The number of nitrogen functional groups attached to an aromatic ring is 1. The van der Waals surface area contributed by atoms with E-state index in [1.807, 2.05) is 0 Å². The fourth-order valence-corrected chi connectivity index (χ4v) is 1.15. The maximum Gasteiger partial charge on any atom is 0.337 e. The third-order valence-corrected chi connectivity index (χ3v) is 1.91. The molecule has 0 radical (unpaired) electrons. The van der Waals surface area contributed by atoms with Crippen LogP contribution in [0.25, 0.3) is 0 Å². The van der Waals surface area contributed by atoms with Crippen molar-refractivity contribution in [2.24, 2.45) is 0 Å². The highest BCUT2D eigenvalue weighted by atomic mass is 16.4. The van der Waals surface area contributed by atoms with E-state index in [9.17, 15) is 9.90 Å². The second-order valence-electron chi connectivity index (χ2n) is 2.79. The molecule has 4 heteroatoms. The first kappa shape index (κ1) is 10.3. The molecule has 4 N–H and O–H groups in total. The molecule has 0 saturated carbocycles. The van der Waals surface area contributed by atoms with Gasteiger partial charge in [0.1, 0.15) is 0 Å². The minimum absolute atomic E-state index is 0.0107. The Labute approximate surface area is 81.3 Å². The number of rotatable bonds is 3. The van der Waals surface area contributed by atoms with Gasteiger partial charge in [-0.3, -0.25) is 0 Å². The standard InChI is InChI=1S/C10H11NO3/c1-2-8(12)6-4-3-5-7(9(6)11)10(13)14/h2-5,8,12H,1,11H2,(H,13,14). The highest BCUT2D eigenvalue weighted by Crippen LogP contribution is 2.24. The molecule has 74 valence electrons. The van der Waals surface area contributed by atoms with Gasteiger partial charge in [0.05, 0.1) is 17.4 Å². The molecule has 0 fully saturated rings. The minimum atomic E-state index is -1.11. The summed E-state index contributed by atoms with van der Waals surface area (Å²) in [5, 5.41) is 18.2. The molecule has 0 aliphatic rings. The van der Waals surface area contributed by atoms with Gasteiger partial charge in [0.15, 0.2) is 0 Å². The van der Waals surface area contributed by atoms with E-state index in [0.29, 0.717) is 5.56 Å². The van der Waals surface area contributed by atoms with Crippen LogP contribution < -0.4 is 5.73 Å². The van der Waals surface area contributed by atoms with Gasteiger partial charge in [0.2, 0.25) is 0 Å². The zero-order valence-electron chi connectivity index (χ0n) is 7.47. The molecule has 0 amide bonds. The van der Waals surface area contributed by atoms with E-state index >= 15 is 0 Å². The van der Waals surface area contributed by atoms with Gasteiger partial charge in [-0.2, -0.15) is 0 Å². The summed E-state index contributed by atoms with van der Waals surface area (Å²) in [7, 11) is 0. The van der Waals surface area contributed by atoms with E-state index in [4.69, 9.17) is 10.8 Å². The van der Waals surface area contributed by atoms with E-state index in [1.165, 1.54) is 18.2 Å². The van der Waals surface area contributed by atoms with Crippen LogP contribution in [0.1, 0.15) is 22.0 Å². The lowest BCUT2D eigenvalue weighted by Crippen LogP contribution is -2.07. The van der Waals surface area contributed by atoms with Crippen LogP contribution in [0.2, 0.25) is 0 Å². The van der Waals surface area contributed by atoms with E-state index in [2.05, 4.69) is 6.58 Å². The number of anilines is 1. The molecule has 1 aromatic rings. The number of para-hydroxylation sites is 1. The Morgan fingerprint density at radius 1 is 1.57 bits per heavy atom. The Hall–Kier alpha value is -1.81. The lowest BCUT2D eigenvalue weighted by Gasteiger charge is -2.10. The lowest BCUT2D eigenvalue weighted by atomic mass is 10.0. The van der Waals surface area contributed by atoms with Crippen molar-refractivity contribution in [2.75, 3.05) is 5.73 Å². The fourth-order valence-electron chi connectivity index (χ4n) is 1.15. The van der Waals surface area contributed by atoms with Crippen molar-refractivity contribution < 1.29 is 15.0 Å². The molecule has 1 atom stereocenters. The van der Waals surface area contributed by atoms with Gasteiger partial charge in [0.25, 0.3) is 0 Å². The number of carboxylic acid groups (broad SMARTS) is 1. The third-order valence-electron chi connectivity index (χ3n) is 1.91. The average molecular weight is 193 g/mol. The van der Waals surface area contributed by atoms with Crippen LogP contribution in [0.15, 0.2) is 30.9 Å². The number of aromatic carboxylic acids is 1. The molecule has 0 saturated heterocycles. The lowest BCUT2D eigenvalue weighted by molar-refractivity contribution is 0.0698. The maximum atomic E-state index is 10.7. The summed E-state index contributed by atoms with van der Waals surface area (Å²) >= 11 is 0. The molecule has 0 heterocycles. The van der Waals surface area contributed by atoms with Crippen molar-refractivity contribution in [1.29, 1.82) is 0 Å². The molecule has 0 aromatic heterocycles. The van der Waals surface area contributed by atoms with Gasteiger partial charge >= 0.3 is 5.97 Å². The van der Waals surface area contributed by atoms with E-state index < -0.39 is 12.1 Å². The molecule has 0 bridgehead atoms. The van der Waals surface area contributed by atoms with Crippen LogP contribution in [0.5, 0.6) is 0 Å².